The second kappa shape index (κ2) is 5.83. The third kappa shape index (κ3) is 2.95. The van der Waals surface area contributed by atoms with E-state index in [4.69, 9.17) is 10.5 Å². The van der Waals surface area contributed by atoms with E-state index in [0.29, 0.717) is 11.7 Å². The molecule has 0 radical (unpaired) electrons. The standard InChI is InChI=1S/C14H21N3O2S/c1-9(2)19-12-7-5-6-11-13(12)16-14(15)17(11)10(3)8-20(4)18/h5-7,9-10H,8H2,1-4H3,(H2,15,16). The summed E-state index contributed by atoms with van der Waals surface area (Å²) in [5.41, 5.74) is 7.70. The molecule has 1 aromatic heterocycles. The minimum Gasteiger partial charge on any atom is -0.489 e. The minimum atomic E-state index is -0.881. The molecule has 0 aliphatic heterocycles. The Morgan fingerprint density at radius 2 is 2.10 bits per heavy atom. The summed E-state index contributed by atoms with van der Waals surface area (Å²) in [6, 6.07) is 5.80. The second-order valence-corrected chi connectivity index (χ2v) is 6.70. The van der Waals surface area contributed by atoms with E-state index in [-0.39, 0.29) is 12.1 Å². The van der Waals surface area contributed by atoms with E-state index in [0.717, 1.165) is 16.8 Å². The first-order valence-corrected chi connectivity index (χ1v) is 8.36. The van der Waals surface area contributed by atoms with E-state index in [9.17, 15) is 4.21 Å². The van der Waals surface area contributed by atoms with Crippen LogP contribution in [0, 0.1) is 0 Å². The van der Waals surface area contributed by atoms with Crippen LogP contribution < -0.4 is 10.5 Å². The fourth-order valence-electron chi connectivity index (χ4n) is 2.34. The molecule has 6 heteroatoms. The lowest BCUT2D eigenvalue weighted by Crippen LogP contribution is -2.15. The summed E-state index contributed by atoms with van der Waals surface area (Å²) in [4.78, 5) is 4.41. The lowest BCUT2D eigenvalue weighted by Gasteiger charge is -2.15. The smallest absolute Gasteiger partial charge is 0.201 e. The van der Waals surface area contributed by atoms with Crippen molar-refractivity contribution in [2.75, 3.05) is 17.7 Å². The number of imidazole rings is 1. The number of nitrogens with two attached hydrogens (primary N) is 1. The number of aromatic nitrogens is 2. The van der Waals surface area contributed by atoms with E-state index in [1.165, 1.54) is 0 Å². The van der Waals surface area contributed by atoms with Crippen LogP contribution >= 0.6 is 0 Å². The zero-order valence-corrected chi connectivity index (χ0v) is 13.1. The van der Waals surface area contributed by atoms with E-state index in [1.54, 1.807) is 6.26 Å². The maximum atomic E-state index is 11.4. The second-order valence-electron chi connectivity index (χ2n) is 5.22. The first-order valence-electron chi connectivity index (χ1n) is 6.63. The average molecular weight is 295 g/mol. The topological polar surface area (TPSA) is 70.1 Å². The van der Waals surface area contributed by atoms with Gasteiger partial charge < -0.3 is 15.0 Å². The molecule has 20 heavy (non-hydrogen) atoms. The van der Waals surface area contributed by atoms with Crippen molar-refractivity contribution in [3.63, 3.8) is 0 Å². The molecule has 110 valence electrons. The Balaban J connectivity index is 2.51. The Kier molecular flexibility index (Phi) is 4.32. The number of anilines is 1. The molecule has 0 bridgehead atoms. The number of rotatable bonds is 5. The normalized spacial score (nSPS) is 14.7. The maximum Gasteiger partial charge on any atom is 0.201 e. The molecule has 0 amide bonds. The predicted octanol–water partition coefficient (Wildman–Crippen LogP) is 2.35. The van der Waals surface area contributed by atoms with Gasteiger partial charge in [0.2, 0.25) is 5.95 Å². The van der Waals surface area contributed by atoms with Crippen molar-refractivity contribution >= 4 is 27.8 Å². The molecule has 0 spiro atoms. The van der Waals surface area contributed by atoms with Crippen molar-refractivity contribution in [3.8, 4) is 5.75 Å². The molecular formula is C14H21N3O2S. The number of hydrogen-bond acceptors (Lipinski definition) is 4. The average Bonchev–Trinajstić information content (AvgIpc) is 2.64. The zero-order valence-electron chi connectivity index (χ0n) is 12.3. The van der Waals surface area contributed by atoms with Crippen LogP contribution in [0.15, 0.2) is 18.2 Å². The van der Waals surface area contributed by atoms with Gasteiger partial charge >= 0.3 is 0 Å². The van der Waals surface area contributed by atoms with Gasteiger partial charge in [-0.25, -0.2) is 4.98 Å². The van der Waals surface area contributed by atoms with E-state index >= 15 is 0 Å². The Bertz CT molecular complexity index is 637. The quantitative estimate of drug-likeness (QED) is 0.919. The number of nitrogen functional groups attached to an aromatic ring is 1. The van der Waals surface area contributed by atoms with Crippen LogP contribution in [0.25, 0.3) is 11.0 Å². The molecule has 1 aromatic carbocycles. The Morgan fingerprint density at radius 3 is 2.70 bits per heavy atom. The number of hydrogen-bond donors (Lipinski definition) is 1. The number of fused-ring (bicyclic) bond motifs is 1. The molecule has 1 heterocycles. The third-order valence-corrected chi connectivity index (χ3v) is 3.94. The van der Waals surface area contributed by atoms with Crippen LogP contribution in [0.3, 0.4) is 0 Å². The first-order chi connectivity index (χ1) is 9.40. The SMILES string of the molecule is CC(C)Oc1cccc2c1nc(N)n2C(C)CS(C)=O. The first kappa shape index (κ1) is 14.8. The Labute approximate surface area is 121 Å². The van der Waals surface area contributed by atoms with Gasteiger partial charge in [-0.3, -0.25) is 4.21 Å². The molecule has 0 aliphatic carbocycles. The largest absolute Gasteiger partial charge is 0.489 e. The summed E-state index contributed by atoms with van der Waals surface area (Å²) in [6.45, 7) is 5.94. The van der Waals surface area contributed by atoms with Gasteiger partial charge in [-0.05, 0) is 32.9 Å². The molecular weight excluding hydrogens is 274 g/mol. The summed E-state index contributed by atoms with van der Waals surface area (Å²) in [7, 11) is -0.881. The molecule has 2 atom stereocenters. The summed E-state index contributed by atoms with van der Waals surface area (Å²) in [6.07, 6.45) is 1.77. The van der Waals surface area contributed by atoms with Gasteiger partial charge in [0.1, 0.15) is 11.3 Å². The number of ether oxygens (including phenoxy) is 1. The highest BCUT2D eigenvalue weighted by molar-refractivity contribution is 7.84. The van der Waals surface area contributed by atoms with Crippen molar-refractivity contribution in [1.82, 2.24) is 9.55 Å². The van der Waals surface area contributed by atoms with Gasteiger partial charge in [0.05, 0.1) is 11.6 Å². The van der Waals surface area contributed by atoms with Crippen molar-refractivity contribution in [2.45, 2.75) is 32.9 Å². The fourth-order valence-corrected chi connectivity index (χ4v) is 3.16. The molecule has 0 aliphatic rings. The van der Waals surface area contributed by atoms with Crippen molar-refractivity contribution in [1.29, 1.82) is 0 Å². The van der Waals surface area contributed by atoms with Crippen LogP contribution in [0.5, 0.6) is 5.75 Å². The zero-order chi connectivity index (χ0) is 14.9. The highest BCUT2D eigenvalue weighted by Gasteiger charge is 2.17. The summed E-state index contributed by atoms with van der Waals surface area (Å²) < 4.78 is 19.1. The molecule has 2 unspecified atom stereocenters. The lowest BCUT2D eigenvalue weighted by atomic mass is 10.2. The van der Waals surface area contributed by atoms with Gasteiger partial charge in [-0.2, -0.15) is 0 Å². The Morgan fingerprint density at radius 1 is 1.40 bits per heavy atom. The van der Waals surface area contributed by atoms with Gasteiger partial charge in [-0.15, -0.1) is 0 Å². The maximum absolute atomic E-state index is 11.4. The Hall–Kier alpha value is -1.56. The molecule has 2 N–H and O–H groups in total. The predicted molar refractivity (Wildman–Crippen MR) is 83.6 cm³/mol. The fraction of sp³-hybridized carbons (Fsp3) is 0.500. The molecule has 0 saturated carbocycles. The summed E-state index contributed by atoms with van der Waals surface area (Å²) in [5, 5.41) is 0. The third-order valence-electron chi connectivity index (χ3n) is 2.99. The van der Waals surface area contributed by atoms with E-state index in [2.05, 4.69) is 4.98 Å². The van der Waals surface area contributed by atoms with Crippen LogP contribution in [0.1, 0.15) is 26.8 Å². The highest BCUT2D eigenvalue weighted by atomic mass is 32.2. The summed E-state index contributed by atoms with van der Waals surface area (Å²) >= 11 is 0. The van der Waals surface area contributed by atoms with Crippen LogP contribution in [-0.4, -0.2) is 31.9 Å². The van der Waals surface area contributed by atoms with E-state index < -0.39 is 10.8 Å². The van der Waals surface area contributed by atoms with Crippen LogP contribution in [0.4, 0.5) is 5.95 Å². The van der Waals surface area contributed by atoms with Crippen LogP contribution in [0.2, 0.25) is 0 Å². The highest BCUT2D eigenvalue weighted by Crippen LogP contribution is 2.30. The van der Waals surface area contributed by atoms with Crippen molar-refractivity contribution in [3.05, 3.63) is 18.2 Å². The van der Waals surface area contributed by atoms with Gasteiger partial charge in [0, 0.05) is 28.9 Å². The van der Waals surface area contributed by atoms with Gasteiger partial charge in [0.25, 0.3) is 0 Å². The molecule has 2 rings (SSSR count). The monoisotopic (exact) mass is 295 g/mol. The minimum absolute atomic E-state index is 0.0279. The number of benzene rings is 1. The molecule has 5 nitrogen and oxygen atoms in total. The van der Waals surface area contributed by atoms with E-state index in [1.807, 2.05) is 43.5 Å². The molecule has 0 fully saturated rings. The lowest BCUT2D eigenvalue weighted by molar-refractivity contribution is 0.245. The molecule has 0 saturated heterocycles. The van der Waals surface area contributed by atoms with Gasteiger partial charge in [0.15, 0.2) is 0 Å². The molecule has 2 aromatic rings. The number of para-hydroxylation sites is 1. The van der Waals surface area contributed by atoms with Crippen LogP contribution in [-0.2, 0) is 10.8 Å². The van der Waals surface area contributed by atoms with Crippen molar-refractivity contribution in [2.24, 2.45) is 0 Å². The van der Waals surface area contributed by atoms with Gasteiger partial charge in [-0.1, -0.05) is 6.07 Å². The van der Waals surface area contributed by atoms with Crippen molar-refractivity contribution < 1.29 is 8.95 Å². The summed E-state index contributed by atoms with van der Waals surface area (Å²) in [5.74, 6) is 1.70. The number of nitrogens with zero attached hydrogens (tertiary/aromatic N) is 2.